The van der Waals surface area contributed by atoms with Crippen molar-refractivity contribution in [1.82, 2.24) is 15.1 Å². The van der Waals surface area contributed by atoms with E-state index in [1.165, 1.54) is 0 Å². The fourth-order valence-corrected chi connectivity index (χ4v) is 5.69. The van der Waals surface area contributed by atoms with Crippen molar-refractivity contribution in [3.63, 3.8) is 0 Å². The van der Waals surface area contributed by atoms with E-state index in [-0.39, 0.29) is 18.2 Å². The lowest BCUT2D eigenvalue weighted by Crippen LogP contribution is -2.58. The van der Waals surface area contributed by atoms with Gasteiger partial charge in [-0.1, -0.05) is 0 Å². The number of fused-ring (bicyclic) bond motifs is 2. The minimum absolute atomic E-state index is 0.164. The number of nitrogens with one attached hydrogen (secondary N) is 1. The lowest BCUT2D eigenvalue weighted by Gasteiger charge is -2.47. The van der Waals surface area contributed by atoms with Gasteiger partial charge in [0, 0.05) is 44.1 Å². The lowest BCUT2D eigenvalue weighted by molar-refractivity contribution is -0.151. The Morgan fingerprint density at radius 1 is 1.21 bits per heavy atom. The third kappa shape index (κ3) is 4.00. The van der Waals surface area contributed by atoms with Gasteiger partial charge in [0.05, 0.1) is 19.1 Å². The molecule has 4 aliphatic rings. The molecular formula is C19H28F3N3O4. The highest BCUT2D eigenvalue weighted by Gasteiger charge is 2.55. The minimum Gasteiger partial charge on any atom is -0.450 e. The molecule has 2 bridgehead atoms. The van der Waals surface area contributed by atoms with Crippen LogP contribution in [-0.4, -0.2) is 77.6 Å². The van der Waals surface area contributed by atoms with Crippen molar-refractivity contribution in [2.24, 2.45) is 0 Å². The Labute approximate surface area is 167 Å². The van der Waals surface area contributed by atoms with Crippen LogP contribution in [0.15, 0.2) is 0 Å². The topological polar surface area (TPSA) is 71.1 Å². The number of ether oxygens (including phenoxy) is 2. The molecule has 0 aromatic carbocycles. The molecule has 10 heteroatoms. The normalized spacial score (nSPS) is 34.2. The molecule has 0 radical (unpaired) electrons. The van der Waals surface area contributed by atoms with Gasteiger partial charge in [-0.25, -0.2) is 9.59 Å². The molecule has 4 rings (SSSR count). The van der Waals surface area contributed by atoms with Crippen LogP contribution in [0.5, 0.6) is 0 Å². The maximum absolute atomic E-state index is 12.9. The lowest BCUT2D eigenvalue weighted by atomic mass is 9.82. The van der Waals surface area contributed by atoms with E-state index < -0.39 is 30.3 Å². The van der Waals surface area contributed by atoms with Crippen molar-refractivity contribution in [3.8, 4) is 0 Å². The van der Waals surface area contributed by atoms with Crippen molar-refractivity contribution in [2.75, 3.05) is 19.7 Å². The summed E-state index contributed by atoms with van der Waals surface area (Å²) in [4.78, 5) is 28.1. The Kier molecular flexibility index (Phi) is 5.33. The zero-order valence-corrected chi connectivity index (χ0v) is 16.5. The van der Waals surface area contributed by atoms with E-state index in [1.807, 2.05) is 4.90 Å². The fourth-order valence-electron chi connectivity index (χ4n) is 5.69. The van der Waals surface area contributed by atoms with Crippen LogP contribution in [0.1, 0.15) is 51.9 Å². The second-order valence-corrected chi connectivity index (χ2v) is 8.62. The molecule has 29 heavy (non-hydrogen) atoms. The molecule has 4 fully saturated rings. The molecule has 4 aliphatic heterocycles. The molecule has 0 saturated carbocycles. The predicted octanol–water partition coefficient (Wildman–Crippen LogP) is 3.03. The second kappa shape index (κ2) is 7.52. The summed E-state index contributed by atoms with van der Waals surface area (Å²) in [7, 11) is 0. The van der Waals surface area contributed by atoms with Crippen LogP contribution in [0.4, 0.5) is 22.8 Å². The Bertz CT molecular complexity index is 637. The summed E-state index contributed by atoms with van der Waals surface area (Å²) >= 11 is 0. The minimum atomic E-state index is -4.35. The summed E-state index contributed by atoms with van der Waals surface area (Å²) < 4.78 is 49.4. The van der Waals surface area contributed by atoms with Gasteiger partial charge < -0.3 is 19.7 Å². The summed E-state index contributed by atoms with van der Waals surface area (Å²) in [6.45, 7) is 3.34. The van der Waals surface area contributed by atoms with Crippen LogP contribution in [0.2, 0.25) is 0 Å². The predicted molar refractivity (Wildman–Crippen MR) is 96.3 cm³/mol. The quantitative estimate of drug-likeness (QED) is 0.762. The van der Waals surface area contributed by atoms with Gasteiger partial charge in [0.1, 0.15) is 5.60 Å². The van der Waals surface area contributed by atoms with E-state index in [2.05, 4.69) is 10.2 Å². The average molecular weight is 419 g/mol. The molecule has 1 N–H and O–H groups in total. The van der Waals surface area contributed by atoms with Gasteiger partial charge in [0.15, 0.2) is 0 Å². The number of piperidine rings is 2. The van der Waals surface area contributed by atoms with Crippen molar-refractivity contribution in [1.29, 1.82) is 0 Å². The largest absolute Gasteiger partial charge is 0.450 e. The number of nitrogens with zero attached hydrogens (tertiary/aromatic N) is 2. The van der Waals surface area contributed by atoms with Crippen molar-refractivity contribution >= 4 is 12.2 Å². The van der Waals surface area contributed by atoms with Gasteiger partial charge in [-0.15, -0.1) is 0 Å². The first-order valence-electron chi connectivity index (χ1n) is 10.5. The molecule has 1 spiro atoms. The Hall–Kier alpha value is -1.71. The van der Waals surface area contributed by atoms with Crippen LogP contribution in [0.3, 0.4) is 0 Å². The molecule has 0 aromatic heterocycles. The Balaban J connectivity index is 1.37. The molecule has 3 atom stereocenters. The molecular weight excluding hydrogens is 391 g/mol. The zero-order chi connectivity index (χ0) is 20.8. The van der Waals surface area contributed by atoms with Gasteiger partial charge in [-0.05, 0) is 32.6 Å². The van der Waals surface area contributed by atoms with Gasteiger partial charge >= 0.3 is 18.4 Å². The first-order chi connectivity index (χ1) is 13.7. The molecule has 3 unspecified atom stereocenters. The zero-order valence-electron chi connectivity index (χ0n) is 16.5. The number of carbonyl (C=O) groups is 2. The molecule has 2 amide bonds. The summed E-state index contributed by atoms with van der Waals surface area (Å²) in [6, 6.07) is -0.407. The summed E-state index contributed by atoms with van der Waals surface area (Å²) in [5.41, 5.74) is -1.08. The van der Waals surface area contributed by atoms with Gasteiger partial charge in [0.25, 0.3) is 0 Å². The van der Waals surface area contributed by atoms with Crippen LogP contribution >= 0.6 is 0 Å². The summed E-state index contributed by atoms with van der Waals surface area (Å²) in [5.74, 6) is 0. The highest BCUT2D eigenvalue weighted by molar-refractivity contribution is 5.71. The second-order valence-electron chi connectivity index (χ2n) is 8.62. The summed E-state index contributed by atoms with van der Waals surface area (Å²) in [5, 5.41) is 2.36. The molecule has 164 valence electrons. The summed E-state index contributed by atoms with van der Waals surface area (Å²) in [6.07, 6.45) is -2.00. The number of carbonyl (C=O) groups excluding carboxylic acids is 2. The number of halogens is 3. The Morgan fingerprint density at radius 2 is 1.83 bits per heavy atom. The number of amides is 2. The van der Waals surface area contributed by atoms with Crippen molar-refractivity contribution in [2.45, 2.75) is 87.8 Å². The van der Waals surface area contributed by atoms with Crippen LogP contribution in [0, 0.1) is 0 Å². The molecule has 7 nitrogen and oxygen atoms in total. The van der Waals surface area contributed by atoms with Gasteiger partial charge in [0.2, 0.25) is 0 Å². The maximum Gasteiger partial charge on any atom is 0.410 e. The third-order valence-corrected chi connectivity index (χ3v) is 7.01. The van der Waals surface area contributed by atoms with Crippen molar-refractivity contribution in [3.05, 3.63) is 0 Å². The van der Waals surface area contributed by atoms with Crippen LogP contribution in [0.25, 0.3) is 0 Å². The number of hydrogen-bond acceptors (Lipinski definition) is 5. The smallest absolute Gasteiger partial charge is 0.410 e. The van der Waals surface area contributed by atoms with Crippen LogP contribution in [-0.2, 0) is 9.47 Å². The number of alkyl halides is 3. The van der Waals surface area contributed by atoms with Gasteiger partial charge in [-0.2, -0.15) is 13.2 Å². The molecule has 0 aromatic rings. The van der Waals surface area contributed by atoms with E-state index in [0.717, 1.165) is 25.7 Å². The number of likely N-dealkylation sites (tertiary alicyclic amines) is 1. The van der Waals surface area contributed by atoms with E-state index in [9.17, 15) is 22.8 Å². The average Bonchev–Trinajstić information content (AvgIpc) is 3.07. The standard InChI is InChI=1S/C19H28F3N3O4/c1-2-28-17(27)25-12-3-4-13(25)10-14(9-12)24-7-5-18(6-8-24)15(11-19(20,21)22)23-16(26)29-18/h12-15H,2-11H2,1H3,(H,23,26). The highest BCUT2D eigenvalue weighted by atomic mass is 19.4. The van der Waals surface area contributed by atoms with Crippen molar-refractivity contribution < 1.29 is 32.2 Å². The highest BCUT2D eigenvalue weighted by Crippen LogP contribution is 2.42. The first kappa shape index (κ1) is 20.6. The third-order valence-electron chi connectivity index (χ3n) is 7.01. The molecule has 4 saturated heterocycles. The Morgan fingerprint density at radius 3 is 2.38 bits per heavy atom. The fraction of sp³-hybridized carbons (Fsp3) is 0.895. The van der Waals surface area contributed by atoms with E-state index in [1.54, 1.807) is 6.92 Å². The van der Waals surface area contributed by atoms with E-state index >= 15 is 0 Å². The van der Waals surface area contributed by atoms with Crippen LogP contribution < -0.4 is 5.32 Å². The monoisotopic (exact) mass is 419 g/mol. The number of hydrogen-bond donors (Lipinski definition) is 1. The SMILES string of the molecule is CCOC(=O)N1C2CCC1CC(N1CCC3(CC1)OC(=O)NC3CC(F)(F)F)C2. The first-order valence-corrected chi connectivity index (χ1v) is 10.5. The number of alkyl carbamates (subject to hydrolysis) is 1. The molecule has 0 aliphatic carbocycles. The number of rotatable bonds is 3. The molecule has 4 heterocycles. The maximum atomic E-state index is 12.9. The van der Waals surface area contributed by atoms with E-state index in [4.69, 9.17) is 9.47 Å². The van der Waals surface area contributed by atoms with Gasteiger partial charge in [-0.3, -0.25) is 4.90 Å². The van der Waals surface area contributed by atoms with E-state index in [0.29, 0.717) is 38.6 Å².